The van der Waals surface area contributed by atoms with E-state index in [1.54, 1.807) is 20.4 Å². The van der Waals surface area contributed by atoms with Crippen molar-refractivity contribution in [3.8, 4) is 5.88 Å². The second-order valence-corrected chi connectivity index (χ2v) is 6.46. The highest BCUT2D eigenvalue weighted by Crippen LogP contribution is 2.15. The standard InChI is InChI=1S/C22H31N5O3/c1-4-24-22(26-12-10-17-7-5-8-18(15-17)20(28)23-2)27-16-19-9-6-11-25-21(19)30-14-13-29-3/h5-9,11,15H,4,10,12-14,16H2,1-3H3,(H,23,28)(H2,24,26,27). The third-order valence-corrected chi connectivity index (χ3v) is 4.25. The smallest absolute Gasteiger partial charge is 0.251 e. The summed E-state index contributed by atoms with van der Waals surface area (Å²) >= 11 is 0. The summed E-state index contributed by atoms with van der Waals surface area (Å²) in [7, 11) is 3.27. The number of guanidine groups is 1. The number of aliphatic imine (C=N–C) groups is 1. The average molecular weight is 414 g/mol. The Labute approximate surface area is 178 Å². The van der Waals surface area contributed by atoms with Gasteiger partial charge in [0, 0.05) is 44.6 Å². The van der Waals surface area contributed by atoms with Crippen LogP contribution in [0.1, 0.15) is 28.4 Å². The van der Waals surface area contributed by atoms with Gasteiger partial charge in [-0.05, 0) is 37.1 Å². The van der Waals surface area contributed by atoms with E-state index in [0.29, 0.717) is 43.7 Å². The number of hydrogen-bond acceptors (Lipinski definition) is 5. The molecular formula is C22H31N5O3. The molecule has 0 spiro atoms. The van der Waals surface area contributed by atoms with Gasteiger partial charge >= 0.3 is 0 Å². The minimum atomic E-state index is -0.0836. The molecule has 2 rings (SSSR count). The Balaban J connectivity index is 1.95. The highest BCUT2D eigenvalue weighted by atomic mass is 16.5. The van der Waals surface area contributed by atoms with Gasteiger partial charge in [0.2, 0.25) is 5.88 Å². The van der Waals surface area contributed by atoms with Crippen molar-refractivity contribution in [2.75, 3.05) is 40.5 Å². The molecule has 1 aromatic heterocycles. The van der Waals surface area contributed by atoms with E-state index < -0.39 is 0 Å². The molecule has 0 radical (unpaired) electrons. The van der Waals surface area contributed by atoms with Crippen LogP contribution in [-0.4, -0.2) is 57.3 Å². The fourth-order valence-corrected chi connectivity index (χ4v) is 2.74. The number of methoxy groups -OCH3 is 1. The monoisotopic (exact) mass is 413 g/mol. The Morgan fingerprint density at radius 2 is 2.03 bits per heavy atom. The fraction of sp³-hybridized carbons (Fsp3) is 0.409. The number of carbonyl (C=O) groups is 1. The van der Waals surface area contributed by atoms with Crippen molar-refractivity contribution in [1.29, 1.82) is 0 Å². The third kappa shape index (κ3) is 7.71. The van der Waals surface area contributed by atoms with Gasteiger partial charge in [-0.1, -0.05) is 18.2 Å². The van der Waals surface area contributed by atoms with Crippen molar-refractivity contribution in [2.24, 2.45) is 4.99 Å². The molecule has 8 nitrogen and oxygen atoms in total. The average Bonchev–Trinajstić information content (AvgIpc) is 2.78. The molecule has 3 N–H and O–H groups in total. The van der Waals surface area contributed by atoms with Gasteiger partial charge in [-0.3, -0.25) is 4.79 Å². The zero-order valence-electron chi connectivity index (χ0n) is 17.9. The van der Waals surface area contributed by atoms with Crippen LogP contribution in [0.15, 0.2) is 47.6 Å². The maximum Gasteiger partial charge on any atom is 0.251 e. The molecule has 8 heteroatoms. The van der Waals surface area contributed by atoms with E-state index >= 15 is 0 Å². The summed E-state index contributed by atoms with van der Waals surface area (Å²) in [6, 6.07) is 11.4. The summed E-state index contributed by atoms with van der Waals surface area (Å²) in [5, 5.41) is 9.22. The van der Waals surface area contributed by atoms with Crippen LogP contribution < -0.4 is 20.7 Å². The molecule has 0 bridgehead atoms. The van der Waals surface area contributed by atoms with Crippen LogP contribution in [0.3, 0.4) is 0 Å². The largest absolute Gasteiger partial charge is 0.475 e. The molecule has 2 aromatic rings. The second kappa shape index (κ2) is 13.2. The maximum absolute atomic E-state index is 11.8. The first-order valence-electron chi connectivity index (χ1n) is 10.1. The first-order chi connectivity index (χ1) is 14.7. The van der Waals surface area contributed by atoms with Crippen LogP contribution >= 0.6 is 0 Å². The molecule has 0 unspecified atom stereocenters. The van der Waals surface area contributed by atoms with Gasteiger partial charge in [0.05, 0.1) is 13.2 Å². The van der Waals surface area contributed by atoms with Crippen molar-refractivity contribution in [3.05, 3.63) is 59.3 Å². The zero-order chi connectivity index (χ0) is 21.6. The molecule has 0 aliphatic heterocycles. The van der Waals surface area contributed by atoms with E-state index in [0.717, 1.165) is 24.1 Å². The molecule has 0 saturated carbocycles. The van der Waals surface area contributed by atoms with Gasteiger partial charge in [0.25, 0.3) is 5.91 Å². The fourth-order valence-electron chi connectivity index (χ4n) is 2.74. The number of aromatic nitrogens is 1. The van der Waals surface area contributed by atoms with Gasteiger partial charge in [0.1, 0.15) is 6.61 Å². The SMILES string of the molecule is CCNC(=NCc1cccnc1OCCOC)NCCc1cccc(C(=O)NC)c1. The molecule has 1 heterocycles. The van der Waals surface area contributed by atoms with E-state index in [4.69, 9.17) is 9.47 Å². The number of pyridine rings is 1. The lowest BCUT2D eigenvalue weighted by molar-refractivity contribution is 0.0963. The van der Waals surface area contributed by atoms with Crippen LogP contribution in [-0.2, 0) is 17.7 Å². The van der Waals surface area contributed by atoms with Crippen molar-refractivity contribution in [2.45, 2.75) is 19.9 Å². The predicted molar refractivity (Wildman–Crippen MR) is 118 cm³/mol. The van der Waals surface area contributed by atoms with Crippen molar-refractivity contribution >= 4 is 11.9 Å². The summed E-state index contributed by atoms with van der Waals surface area (Å²) in [4.78, 5) is 20.7. The van der Waals surface area contributed by atoms with Crippen molar-refractivity contribution in [3.63, 3.8) is 0 Å². The molecule has 1 amide bonds. The highest BCUT2D eigenvalue weighted by molar-refractivity contribution is 5.94. The van der Waals surface area contributed by atoms with E-state index in [1.165, 1.54) is 0 Å². The quantitative estimate of drug-likeness (QED) is 0.295. The van der Waals surface area contributed by atoms with Gasteiger partial charge < -0.3 is 25.4 Å². The number of rotatable bonds is 11. The van der Waals surface area contributed by atoms with Gasteiger partial charge in [0.15, 0.2) is 5.96 Å². The maximum atomic E-state index is 11.8. The van der Waals surface area contributed by atoms with Crippen LogP contribution in [0.5, 0.6) is 5.88 Å². The minimum Gasteiger partial charge on any atom is -0.475 e. The molecule has 162 valence electrons. The molecular weight excluding hydrogens is 382 g/mol. The van der Waals surface area contributed by atoms with Crippen molar-refractivity contribution in [1.82, 2.24) is 20.9 Å². The Bertz CT molecular complexity index is 826. The van der Waals surface area contributed by atoms with Gasteiger partial charge in [-0.15, -0.1) is 0 Å². The molecule has 0 aliphatic rings. The number of hydrogen-bond donors (Lipinski definition) is 3. The number of amides is 1. The summed E-state index contributed by atoms with van der Waals surface area (Å²) in [6.07, 6.45) is 2.47. The Morgan fingerprint density at radius 3 is 2.80 bits per heavy atom. The minimum absolute atomic E-state index is 0.0836. The number of ether oxygens (including phenoxy) is 2. The highest BCUT2D eigenvalue weighted by Gasteiger charge is 2.06. The van der Waals surface area contributed by atoms with E-state index in [2.05, 4.69) is 25.9 Å². The lowest BCUT2D eigenvalue weighted by Gasteiger charge is -2.13. The van der Waals surface area contributed by atoms with Crippen LogP contribution in [0.25, 0.3) is 0 Å². The molecule has 0 aliphatic carbocycles. The molecule has 1 aromatic carbocycles. The Morgan fingerprint density at radius 1 is 1.17 bits per heavy atom. The van der Waals surface area contributed by atoms with E-state index in [1.807, 2.05) is 43.3 Å². The second-order valence-electron chi connectivity index (χ2n) is 6.46. The van der Waals surface area contributed by atoms with Crippen LogP contribution in [0, 0.1) is 0 Å². The Kier molecular flexibility index (Phi) is 10.2. The van der Waals surface area contributed by atoms with Crippen LogP contribution in [0.2, 0.25) is 0 Å². The first-order valence-corrected chi connectivity index (χ1v) is 10.1. The Hall–Kier alpha value is -3.13. The molecule has 30 heavy (non-hydrogen) atoms. The number of nitrogens with zero attached hydrogens (tertiary/aromatic N) is 2. The molecule has 0 fully saturated rings. The molecule has 0 saturated heterocycles. The number of nitrogens with one attached hydrogen (secondary N) is 3. The third-order valence-electron chi connectivity index (χ3n) is 4.25. The first kappa shape index (κ1) is 23.2. The zero-order valence-corrected chi connectivity index (χ0v) is 17.9. The normalized spacial score (nSPS) is 11.1. The van der Waals surface area contributed by atoms with E-state index in [9.17, 15) is 4.79 Å². The van der Waals surface area contributed by atoms with E-state index in [-0.39, 0.29) is 5.91 Å². The van der Waals surface area contributed by atoms with Crippen LogP contribution in [0.4, 0.5) is 0 Å². The predicted octanol–water partition coefficient (Wildman–Crippen LogP) is 1.76. The lowest BCUT2D eigenvalue weighted by atomic mass is 10.1. The summed E-state index contributed by atoms with van der Waals surface area (Å²) < 4.78 is 10.7. The lowest BCUT2D eigenvalue weighted by Crippen LogP contribution is -2.38. The topological polar surface area (TPSA) is 96.9 Å². The molecule has 0 atom stereocenters. The van der Waals surface area contributed by atoms with Gasteiger partial charge in [-0.2, -0.15) is 0 Å². The number of carbonyl (C=O) groups excluding carboxylic acids is 1. The van der Waals surface area contributed by atoms with Crippen molar-refractivity contribution < 1.29 is 14.3 Å². The summed E-state index contributed by atoms with van der Waals surface area (Å²) in [5.41, 5.74) is 2.65. The number of benzene rings is 1. The summed E-state index contributed by atoms with van der Waals surface area (Å²) in [5.74, 6) is 1.20. The van der Waals surface area contributed by atoms with Gasteiger partial charge in [-0.25, -0.2) is 9.98 Å². The summed E-state index contributed by atoms with van der Waals surface area (Å²) in [6.45, 7) is 4.85.